The van der Waals surface area contributed by atoms with E-state index in [0.29, 0.717) is 6.61 Å². The molecule has 1 unspecified atom stereocenters. The number of rotatable bonds is 6. The molecular formula is C17H20FNO. The molecular weight excluding hydrogens is 253 g/mol. The van der Waals surface area contributed by atoms with Crippen LogP contribution in [0.2, 0.25) is 0 Å². The third-order valence-corrected chi connectivity index (χ3v) is 3.25. The van der Waals surface area contributed by atoms with Crippen LogP contribution in [0.4, 0.5) is 4.39 Å². The van der Waals surface area contributed by atoms with Crippen LogP contribution in [0.5, 0.6) is 5.75 Å². The summed E-state index contributed by atoms with van der Waals surface area (Å²) in [6, 6.07) is 14.9. The highest BCUT2D eigenvalue weighted by Crippen LogP contribution is 2.22. The number of benzene rings is 2. The summed E-state index contributed by atoms with van der Waals surface area (Å²) >= 11 is 0. The Hall–Kier alpha value is -1.87. The molecule has 0 fully saturated rings. The fourth-order valence-corrected chi connectivity index (χ4v) is 2.27. The Bertz CT molecular complexity index is 556. The van der Waals surface area contributed by atoms with Gasteiger partial charge in [0.1, 0.15) is 11.6 Å². The summed E-state index contributed by atoms with van der Waals surface area (Å²) in [6.07, 6.45) is 0.740. The van der Waals surface area contributed by atoms with Crippen molar-refractivity contribution in [2.24, 2.45) is 0 Å². The fraction of sp³-hybridized carbons (Fsp3) is 0.294. The van der Waals surface area contributed by atoms with Crippen LogP contribution in [0.3, 0.4) is 0 Å². The van der Waals surface area contributed by atoms with E-state index in [-0.39, 0.29) is 11.9 Å². The van der Waals surface area contributed by atoms with Crippen molar-refractivity contribution in [1.29, 1.82) is 0 Å². The first-order chi connectivity index (χ1) is 9.72. The molecule has 20 heavy (non-hydrogen) atoms. The zero-order chi connectivity index (χ0) is 14.4. The molecule has 2 aromatic carbocycles. The van der Waals surface area contributed by atoms with Gasteiger partial charge in [-0.3, -0.25) is 0 Å². The third kappa shape index (κ3) is 3.81. The lowest BCUT2D eigenvalue weighted by molar-refractivity contribution is 0.339. The number of ether oxygens (including phenoxy) is 1. The van der Waals surface area contributed by atoms with Crippen molar-refractivity contribution in [2.75, 3.05) is 13.7 Å². The molecule has 0 aliphatic heterocycles. The molecule has 106 valence electrons. The van der Waals surface area contributed by atoms with E-state index in [1.54, 1.807) is 12.1 Å². The van der Waals surface area contributed by atoms with Crippen LogP contribution in [0.25, 0.3) is 0 Å². The lowest BCUT2D eigenvalue weighted by Gasteiger charge is -2.18. The van der Waals surface area contributed by atoms with Gasteiger partial charge >= 0.3 is 0 Å². The van der Waals surface area contributed by atoms with Crippen molar-refractivity contribution in [3.05, 3.63) is 65.5 Å². The molecule has 0 bridgehead atoms. The van der Waals surface area contributed by atoms with E-state index in [1.807, 2.05) is 38.2 Å². The number of hydrogen-bond acceptors (Lipinski definition) is 2. The van der Waals surface area contributed by atoms with Crippen LogP contribution < -0.4 is 10.1 Å². The lowest BCUT2D eigenvalue weighted by Crippen LogP contribution is -2.19. The van der Waals surface area contributed by atoms with Crippen LogP contribution in [0, 0.1) is 5.82 Å². The van der Waals surface area contributed by atoms with Crippen molar-refractivity contribution < 1.29 is 9.13 Å². The first kappa shape index (κ1) is 14.5. The van der Waals surface area contributed by atoms with Crippen LogP contribution in [0.15, 0.2) is 48.5 Å². The Morgan fingerprint density at radius 3 is 2.65 bits per heavy atom. The SMILES string of the molecule is CCOc1cccc(C(Cc2cccc(F)c2)NC)c1. The minimum Gasteiger partial charge on any atom is -0.494 e. The second-order valence-corrected chi connectivity index (χ2v) is 4.68. The molecule has 0 saturated carbocycles. The molecule has 0 saturated heterocycles. The molecule has 0 heterocycles. The van der Waals surface area contributed by atoms with Gasteiger partial charge in [0.25, 0.3) is 0 Å². The molecule has 2 rings (SSSR count). The molecule has 0 spiro atoms. The molecule has 0 aliphatic carbocycles. The number of likely N-dealkylation sites (N-methyl/N-ethyl adjacent to an activating group) is 1. The van der Waals surface area contributed by atoms with Crippen LogP contribution in [-0.2, 0) is 6.42 Å². The summed E-state index contributed by atoms with van der Waals surface area (Å²) in [7, 11) is 1.91. The van der Waals surface area contributed by atoms with Gasteiger partial charge in [0.2, 0.25) is 0 Å². The maximum atomic E-state index is 13.2. The minimum atomic E-state index is -0.194. The van der Waals surface area contributed by atoms with Gasteiger partial charge in [-0.25, -0.2) is 4.39 Å². The second kappa shape index (κ2) is 7.06. The zero-order valence-corrected chi connectivity index (χ0v) is 11.9. The van der Waals surface area contributed by atoms with Gasteiger partial charge in [-0.05, 0) is 55.8 Å². The van der Waals surface area contributed by atoms with E-state index in [0.717, 1.165) is 23.3 Å². The summed E-state index contributed by atoms with van der Waals surface area (Å²) in [4.78, 5) is 0. The highest BCUT2D eigenvalue weighted by molar-refractivity contribution is 5.32. The van der Waals surface area contributed by atoms with Crippen LogP contribution in [0.1, 0.15) is 24.1 Å². The third-order valence-electron chi connectivity index (χ3n) is 3.25. The lowest BCUT2D eigenvalue weighted by atomic mass is 9.99. The predicted molar refractivity (Wildman–Crippen MR) is 79.5 cm³/mol. The van der Waals surface area contributed by atoms with Crippen LogP contribution >= 0.6 is 0 Å². The predicted octanol–water partition coefficient (Wildman–Crippen LogP) is 3.73. The smallest absolute Gasteiger partial charge is 0.123 e. The monoisotopic (exact) mass is 273 g/mol. The molecule has 0 aromatic heterocycles. The Morgan fingerprint density at radius 2 is 1.95 bits per heavy atom. The second-order valence-electron chi connectivity index (χ2n) is 4.68. The van der Waals surface area contributed by atoms with Gasteiger partial charge in [0.15, 0.2) is 0 Å². The highest BCUT2D eigenvalue weighted by Gasteiger charge is 2.11. The maximum Gasteiger partial charge on any atom is 0.123 e. The van der Waals surface area contributed by atoms with E-state index in [2.05, 4.69) is 11.4 Å². The van der Waals surface area contributed by atoms with E-state index in [4.69, 9.17) is 4.74 Å². The maximum absolute atomic E-state index is 13.2. The summed E-state index contributed by atoms with van der Waals surface area (Å²) in [5, 5.41) is 3.28. The Morgan fingerprint density at radius 1 is 1.15 bits per heavy atom. The molecule has 0 radical (unpaired) electrons. The summed E-state index contributed by atoms with van der Waals surface area (Å²) in [6.45, 7) is 2.62. The molecule has 2 nitrogen and oxygen atoms in total. The first-order valence-corrected chi connectivity index (χ1v) is 6.87. The number of halogens is 1. The Balaban J connectivity index is 2.17. The normalized spacial score (nSPS) is 12.2. The summed E-state index contributed by atoms with van der Waals surface area (Å²) < 4.78 is 18.8. The molecule has 3 heteroatoms. The molecule has 0 amide bonds. The first-order valence-electron chi connectivity index (χ1n) is 6.87. The van der Waals surface area contributed by atoms with Gasteiger partial charge in [0.05, 0.1) is 6.61 Å². The van der Waals surface area contributed by atoms with Crippen molar-refractivity contribution in [2.45, 2.75) is 19.4 Å². The number of hydrogen-bond donors (Lipinski definition) is 1. The number of nitrogens with one attached hydrogen (secondary N) is 1. The van der Waals surface area contributed by atoms with Gasteiger partial charge in [-0.2, -0.15) is 0 Å². The Labute approximate surface area is 119 Å². The molecule has 0 aliphatic rings. The van der Waals surface area contributed by atoms with Gasteiger partial charge in [-0.1, -0.05) is 24.3 Å². The minimum absolute atomic E-state index is 0.136. The molecule has 1 N–H and O–H groups in total. The van der Waals surface area contributed by atoms with Gasteiger partial charge in [0, 0.05) is 6.04 Å². The van der Waals surface area contributed by atoms with E-state index >= 15 is 0 Å². The molecule has 1 atom stereocenters. The fourth-order valence-electron chi connectivity index (χ4n) is 2.27. The topological polar surface area (TPSA) is 21.3 Å². The largest absolute Gasteiger partial charge is 0.494 e. The average Bonchev–Trinajstić information content (AvgIpc) is 2.45. The summed E-state index contributed by atoms with van der Waals surface area (Å²) in [5.41, 5.74) is 2.12. The zero-order valence-electron chi connectivity index (χ0n) is 11.9. The van der Waals surface area contributed by atoms with Crippen molar-refractivity contribution in [3.63, 3.8) is 0 Å². The van der Waals surface area contributed by atoms with Crippen LogP contribution in [-0.4, -0.2) is 13.7 Å². The quantitative estimate of drug-likeness (QED) is 0.866. The summed E-state index contributed by atoms with van der Waals surface area (Å²) in [5.74, 6) is 0.671. The average molecular weight is 273 g/mol. The van der Waals surface area contributed by atoms with Crippen molar-refractivity contribution in [1.82, 2.24) is 5.32 Å². The van der Waals surface area contributed by atoms with Gasteiger partial charge < -0.3 is 10.1 Å². The Kier molecular flexibility index (Phi) is 5.13. The van der Waals surface area contributed by atoms with E-state index in [9.17, 15) is 4.39 Å². The molecule has 2 aromatic rings. The van der Waals surface area contributed by atoms with Crippen molar-refractivity contribution in [3.8, 4) is 5.75 Å². The van der Waals surface area contributed by atoms with E-state index < -0.39 is 0 Å². The van der Waals surface area contributed by atoms with E-state index in [1.165, 1.54) is 6.07 Å². The standard InChI is InChI=1S/C17H20FNO/c1-3-20-16-9-5-7-14(12-16)17(19-2)11-13-6-4-8-15(18)10-13/h4-10,12,17,19H,3,11H2,1-2H3. The van der Waals surface area contributed by atoms with Gasteiger partial charge in [-0.15, -0.1) is 0 Å². The van der Waals surface area contributed by atoms with Crippen molar-refractivity contribution >= 4 is 0 Å². The highest BCUT2D eigenvalue weighted by atomic mass is 19.1.